The Balaban J connectivity index is 1.47. The van der Waals surface area contributed by atoms with Gasteiger partial charge in [0.05, 0.1) is 17.7 Å². The van der Waals surface area contributed by atoms with Crippen LogP contribution in [0.15, 0.2) is 83.9 Å². The molecule has 1 saturated carbocycles. The van der Waals surface area contributed by atoms with Gasteiger partial charge in [0.25, 0.3) is 0 Å². The van der Waals surface area contributed by atoms with Gasteiger partial charge in [-0.1, -0.05) is 86.0 Å². The van der Waals surface area contributed by atoms with Gasteiger partial charge in [-0.15, -0.1) is 0 Å². The summed E-state index contributed by atoms with van der Waals surface area (Å²) in [5.74, 6) is 1.47. The molecule has 3 heteroatoms. The predicted molar refractivity (Wildman–Crippen MR) is 121 cm³/mol. The third-order valence-corrected chi connectivity index (χ3v) is 6.42. The molecule has 5 rings (SSSR count). The van der Waals surface area contributed by atoms with Crippen LogP contribution in [-0.2, 0) is 4.74 Å². The van der Waals surface area contributed by atoms with E-state index in [2.05, 4.69) is 72.8 Å². The molecule has 1 atom stereocenters. The topological polar surface area (TPSA) is 34.5 Å². The summed E-state index contributed by atoms with van der Waals surface area (Å²) in [6.45, 7) is 0.701. The van der Waals surface area contributed by atoms with Gasteiger partial charge in [-0.2, -0.15) is 0 Å². The molecule has 152 valence electrons. The monoisotopic (exact) mass is 396 g/mol. The first-order chi connectivity index (χ1) is 14.9. The van der Waals surface area contributed by atoms with Crippen molar-refractivity contribution in [2.75, 3.05) is 6.61 Å². The quantitative estimate of drug-likeness (QED) is 0.531. The van der Waals surface area contributed by atoms with Crippen LogP contribution in [0.25, 0.3) is 0 Å². The molecule has 30 heavy (non-hydrogen) atoms. The Bertz CT molecular complexity index is 954. The molecule has 0 N–H and O–H groups in total. The first-order valence-corrected chi connectivity index (χ1v) is 11.2. The zero-order chi connectivity index (χ0) is 20.2. The van der Waals surface area contributed by atoms with E-state index in [-0.39, 0.29) is 5.92 Å². The normalized spacial score (nSPS) is 19.5. The lowest BCUT2D eigenvalue weighted by Crippen LogP contribution is -2.22. The van der Waals surface area contributed by atoms with Crippen molar-refractivity contribution in [3.63, 3.8) is 0 Å². The molecule has 0 spiro atoms. The van der Waals surface area contributed by atoms with E-state index in [0.29, 0.717) is 24.5 Å². The fourth-order valence-electron chi connectivity index (χ4n) is 4.85. The summed E-state index contributed by atoms with van der Waals surface area (Å²) in [7, 11) is 0. The minimum absolute atomic E-state index is 0.0866. The van der Waals surface area contributed by atoms with E-state index in [0.717, 1.165) is 11.4 Å². The molecule has 3 aromatic rings. The van der Waals surface area contributed by atoms with Crippen molar-refractivity contribution < 1.29 is 4.74 Å². The van der Waals surface area contributed by atoms with Crippen LogP contribution in [0.1, 0.15) is 60.5 Å². The third-order valence-electron chi connectivity index (χ3n) is 6.42. The van der Waals surface area contributed by atoms with Crippen LogP contribution >= 0.6 is 0 Å². The number of aliphatic imine (C=N–C) groups is 1. The zero-order valence-corrected chi connectivity index (χ0v) is 17.3. The maximum absolute atomic E-state index is 6.04. The van der Waals surface area contributed by atoms with Gasteiger partial charge in [0, 0.05) is 0 Å². The lowest BCUT2D eigenvalue weighted by molar-refractivity contribution is 0.240. The van der Waals surface area contributed by atoms with Crippen molar-refractivity contribution in [3.05, 3.63) is 101 Å². The molecule has 3 nitrogen and oxygen atoms in total. The van der Waals surface area contributed by atoms with Crippen molar-refractivity contribution in [2.24, 2.45) is 10.9 Å². The molecule has 1 aliphatic carbocycles. The Labute approximate surface area is 178 Å². The summed E-state index contributed by atoms with van der Waals surface area (Å²) in [6.07, 6.45) is 6.58. The Morgan fingerprint density at radius 1 is 0.733 bits per heavy atom. The van der Waals surface area contributed by atoms with Crippen LogP contribution in [0.5, 0.6) is 0 Å². The van der Waals surface area contributed by atoms with Gasteiger partial charge in [0.15, 0.2) is 0 Å². The van der Waals surface area contributed by atoms with Crippen molar-refractivity contribution in [2.45, 2.75) is 44.1 Å². The van der Waals surface area contributed by atoms with Crippen LogP contribution in [-0.4, -0.2) is 23.5 Å². The van der Waals surface area contributed by atoms with Crippen molar-refractivity contribution in [3.8, 4) is 0 Å². The highest BCUT2D eigenvalue weighted by Gasteiger charge is 2.30. The van der Waals surface area contributed by atoms with E-state index in [4.69, 9.17) is 14.7 Å². The van der Waals surface area contributed by atoms with Crippen molar-refractivity contribution >= 4 is 5.90 Å². The summed E-state index contributed by atoms with van der Waals surface area (Å²) in [5, 5.41) is 0. The first-order valence-electron chi connectivity index (χ1n) is 11.2. The average Bonchev–Trinajstić information content (AvgIpc) is 3.32. The van der Waals surface area contributed by atoms with Crippen molar-refractivity contribution in [1.82, 2.24) is 4.98 Å². The number of hydrogen-bond acceptors (Lipinski definition) is 3. The highest BCUT2D eigenvalue weighted by molar-refractivity contribution is 5.93. The second-order valence-electron chi connectivity index (χ2n) is 8.41. The molecule has 2 aliphatic rings. The fourth-order valence-corrected chi connectivity index (χ4v) is 4.85. The Morgan fingerprint density at radius 2 is 1.40 bits per heavy atom. The molecule has 0 radical (unpaired) electrons. The molecule has 1 fully saturated rings. The van der Waals surface area contributed by atoms with Gasteiger partial charge in [-0.3, -0.25) is 0 Å². The Kier molecular flexibility index (Phi) is 5.60. The molecular formula is C27H28N2O. The molecule has 0 saturated heterocycles. The number of hydrogen-bond donors (Lipinski definition) is 0. The maximum Gasteiger partial charge on any atom is 0.235 e. The third kappa shape index (κ3) is 4.02. The fraction of sp³-hybridized carbons (Fsp3) is 0.333. The van der Waals surface area contributed by atoms with E-state index in [9.17, 15) is 0 Å². The van der Waals surface area contributed by atoms with E-state index in [1.54, 1.807) is 0 Å². The number of nitrogens with zero attached hydrogens (tertiary/aromatic N) is 2. The number of pyridine rings is 1. The van der Waals surface area contributed by atoms with Gasteiger partial charge in [-0.25, -0.2) is 9.98 Å². The minimum atomic E-state index is 0.0866. The summed E-state index contributed by atoms with van der Waals surface area (Å²) >= 11 is 0. The van der Waals surface area contributed by atoms with E-state index in [1.807, 2.05) is 6.07 Å². The molecular weight excluding hydrogens is 368 g/mol. The van der Waals surface area contributed by atoms with Crippen LogP contribution in [0.2, 0.25) is 0 Å². The van der Waals surface area contributed by atoms with Crippen molar-refractivity contribution in [1.29, 1.82) is 0 Å². The van der Waals surface area contributed by atoms with E-state index >= 15 is 0 Å². The number of aromatic nitrogens is 1. The number of ether oxygens (including phenoxy) is 1. The lowest BCUT2D eigenvalue weighted by Gasteiger charge is -2.24. The van der Waals surface area contributed by atoms with Gasteiger partial charge in [0.1, 0.15) is 12.3 Å². The molecule has 0 bridgehead atoms. The van der Waals surface area contributed by atoms with Gasteiger partial charge >= 0.3 is 0 Å². The van der Waals surface area contributed by atoms with Gasteiger partial charge in [0.2, 0.25) is 5.90 Å². The maximum atomic E-state index is 6.04. The first kappa shape index (κ1) is 19.0. The highest BCUT2D eigenvalue weighted by atomic mass is 16.5. The minimum Gasteiger partial charge on any atom is -0.474 e. The average molecular weight is 397 g/mol. The molecule has 2 heterocycles. The summed E-state index contributed by atoms with van der Waals surface area (Å²) in [6, 6.07) is 27.7. The smallest absolute Gasteiger partial charge is 0.235 e. The molecule has 0 amide bonds. The van der Waals surface area contributed by atoms with Crippen LogP contribution < -0.4 is 0 Å². The Hall–Kier alpha value is -2.94. The molecule has 0 unspecified atom stereocenters. The van der Waals surface area contributed by atoms with Crippen LogP contribution in [0, 0.1) is 5.92 Å². The van der Waals surface area contributed by atoms with E-state index in [1.165, 1.54) is 43.2 Å². The standard InChI is InChI=1S/C27H28N2O/c1-4-11-20(12-5-1)25-19-30-27(29-25)24-18-10-17-23(28-24)26(21-13-6-2-7-14-21)22-15-8-3-9-16-22/h2-3,6-10,13-18,20,25-26H,1,4-5,11-12,19H2/t25-/m0/s1. The summed E-state index contributed by atoms with van der Waals surface area (Å²) in [5.41, 5.74) is 4.35. The summed E-state index contributed by atoms with van der Waals surface area (Å²) in [4.78, 5) is 9.99. The second kappa shape index (κ2) is 8.83. The second-order valence-corrected chi connectivity index (χ2v) is 8.41. The molecule has 2 aromatic carbocycles. The molecule has 1 aliphatic heterocycles. The summed E-state index contributed by atoms with van der Waals surface area (Å²) < 4.78 is 6.04. The Morgan fingerprint density at radius 3 is 2.07 bits per heavy atom. The van der Waals surface area contributed by atoms with Gasteiger partial charge in [-0.05, 0) is 42.0 Å². The lowest BCUT2D eigenvalue weighted by atomic mass is 9.84. The van der Waals surface area contributed by atoms with Crippen LogP contribution in [0.4, 0.5) is 0 Å². The number of benzene rings is 2. The van der Waals surface area contributed by atoms with Gasteiger partial charge < -0.3 is 4.74 Å². The molecule has 1 aromatic heterocycles. The SMILES string of the molecule is c1ccc(C(c2ccccc2)c2cccc(C3=N[C@H](C4CCCCC4)CO3)n2)cc1. The largest absolute Gasteiger partial charge is 0.474 e. The van der Waals surface area contributed by atoms with E-state index < -0.39 is 0 Å². The highest BCUT2D eigenvalue weighted by Crippen LogP contribution is 2.32. The van der Waals surface area contributed by atoms with Crippen LogP contribution in [0.3, 0.4) is 0 Å². The number of rotatable bonds is 5. The predicted octanol–water partition coefficient (Wildman–Crippen LogP) is 5.99. The zero-order valence-electron chi connectivity index (χ0n) is 17.3.